The lowest BCUT2D eigenvalue weighted by molar-refractivity contribution is -0.160. The predicted octanol–water partition coefficient (Wildman–Crippen LogP) is 3.46. The number of hydrogen-bond acceptors (Lipinski definition) is 6. The van der Waals surface area contributed by atoms with Gasteiger partial charge in [0.15, 0.2) is 5.57 Å². The van der Waals surface area contributed by atoms with Gasteiger partial charge in [0.1, 0.15) is 0 Å². The van der Waals surface area contributed by atoms with Gasteiger partial charge >= 0.3 is 11.9 Å². The Labute approximate surface area is 152 Å². The van der Waals surface area contributed by atoms with Crippen molar-refractivity contribution in [2.75, 3.05) is 14.2 Å². The number of aliphatic hydroxyl groups excluding tert-OH is 1. The van der Waals surface area contributed by atoms with Crippen LogP contribution in [0, 0.1) is 0 Å². The van der Waals surface area contributed by atoms with E-state index in [4.69, 9.17) is 39.5 Å². The maximum atomic E-state index is 12.1. The summed E-state index contributed by atoms with van der Waals surface area (Å²) in [5, 5.41) is 9.79. The third kappa shape index (κ3) is 3.17. The van der Waals surface area contributed by atoms with Crippen LogP contribution in [0.1, 0.15) is 5.56 Å². The third-order valence-corrected chi connectivity index (χ3v) is 4.42. The fourth-order valence-electron chi connectivity index (χ4n) is 2.09. The average Bonchev–Trinajstić information content (AvgIpc) is 2.56. The van der Waals surface area contributed by atoms with E-state index < -0.39 is 29.6 Å². The Morgan fingerprint density at radius 1 is 1.21 bits per heavy atom. The van der Waals surface area contributed by atoms with E-state index in [0.717, 1.165) is 14.2 Å². The Kier molecular flexibility index (Phi) is 5.64. The summed E-state index contributed by atoms with van der Waals surface area (Å²) in [7, 11) is 2.26. The van der Waals surface area contributed by atoms with Gasteiger partial charge in [-0.2, -0.15) is 0 Å². The Hall–Kier alpha value is -1.89. The van der Waals surface area contributed by atoms with Gasteiger partial charge < -0.3 is 19.3 Å². The fraction of sp³-hybridized carbons (Fsp3) is 0.200. The molecule has 0 saturated carbocycles. The molecule has 1 atom stereocenters. The highest BCUT2D eigenvalue weighted by Gasteiger charge is 2.41. The van der Waals surface area contributed by atoms with E-state index in [-0.39, 0.29) is 26.2 Å². The maximum Gasteiger partial charge on any atom is 0.352 e. The summed E-state index contributed by atoms with van der Waals surface area (Å²) in [4.78, 5) is 24.1. The van der Waals surface area contributed by atoms with E-state index in [0.29, 0.717) is 0 Å². The highest BCUT2D eigenvalue weighted by Crippen LogP contribution is 2.41. The van der Waals surface area contributed by atoms with E-state index >= 15 is 0 Å². The minimum atomic E-state index is -1.47. The zero-order chi connectivity index (χ0) is 18.0. The van der Waals surface area contributed by atoms with Gasteiger partial charge in [0.2, 0.25) is 6.10 Å². The first-order valence-electron chi connectivity index (χ1n) is 6.43. The smallest absolute Gasteiger partial charge is 0.352 e. The SMILES string of the molecule is COC(=O)C1OC(=O)C(=C(O)OC)C(Cl)=C1c1cccc(Cl)c1Cl. The van der Waals surface area contributed by atoms with Gasteiger partial charge in [-0.3, -0.25) is 0 Å². The molecule has 9 heteroatoms. The van der Waals surface area contributed by atoms with Gasteiger partial charge in [0.05, 0.1) is 29.3 Å². The van der Waals surface area contributed by atoms with Crippen molar-refractivity contribution in [1.82, 2.24) is 0 Å². The molecule has 0 amide bonds. The van der Waals surface area contributed by atoms with Gasteiger partial charge in [0, 0.05) is 11.1 Å². The standard InChI is InChI=1S/C15H11Cl3O6/c1-22-13(19)9-11(18)8(6-4-3-5-7(16)10(6)17)12(15(21)23-2)24-14(9)20/h3-5,12,19H,1-2H3. The molecule has 1 aliphatic heterocycles. The maximum absolute atomic E-state index is 12.1. The molecule has 0 fully saturated rings. The number of aliphatic hydroxyl groups is 1. The quantitative estimate of drug-likeness (QED) is 0.481. The van der Waals surface area contributed by atoms with Crippen LogP contribution in [0.25, 0.3) is 5.57 Å². The van der Waals surface area contributed by atoms with Crippen LogP contribution >= 0.6 is 34.8 Å². The minimum Gasteiger partial charge on any atom is -0.480 e. The molecule has 128 valence electrons. The van der Waals surface area contributed by atoms with Crippen molar-refractivity contribution in [2.45, 2.75) is 6.10 Å². The molecular weight excluding hydrogens is 383 g/mol. The molecule has 0 saturated heterocycles. The summed E-state index contributed by atoms with van der Waals surface area (Å²) in [6.07, 6.45) is -1.47. The molecule has 1 N–H and O–H groups in total. The largest absolute Gasteiger partial charge is 0.480 e. The minimum absolute atomic E-state index is 0.0224. The van der Waals surface area contributed by atoms with E-state index in [1.165, 1.54) is 12.1 Å². The van der Waals surface area contributed by atoms with Crippen LogP contribution in [0.5, 0.6) is 0 Å². The van der Waals surface area contributed by atoms with Crippen molar-refractivity contribution >= 4 is 52.3 Å². The summed E-state index contributed by atoms with van der Waals surface area (Å²) >= 11 is 18.4. The number of benzene rings is 1. The molecule has 1 aromatic rings. The second-order valence-electron chi connectivity index (χ2n) is 4.52. The summed E-state index contributed by atoms with van der Waals surface area (Å²) in [5.41, 5.74) is -0.168. The molecule has 1 aromatic carbocycles. The lowest BCUT2D eigenvalue weighted by Crippen LogP contribution is -2.35. The van der Waals surface area contributed by atoms with Crippen LogP contribution in [0.3, 0.4) is 0 Å². The van der Waals surface area contributed by atoms with E-state index in [9.17, 15) is 14.7 Å². The van der Waals surface area contributed by atoms with E-state index in [1.807, 2.05) is 0 Å². The van der Waals surface area contributed by atoms with Crippen molar-refractivity contribution in [3.05, 3.63) is 50.4 Å². The first kappa shape index (κ1) is 18.4. The molecule has 1 unspecified atom stereocenters. The summed E-state index contributed by atoms with van der Waals surface area (Å²) in [6, 6.07) is 4.64. The molecule has 0 spiro atoms. The lowest BCUT2D eigenvalue weighted by Gasteiger charge is -2.26. The number of carbonyl (C=O) groups is 2. The second kappa shape index (κ2) is 7.34. The molecule has 0 bridgehead atoms. The van der Waals surface area contributed by atoms with Gasteiger partial charge in [-0.15, -0.1) is 0 Å². The average molecular weight is 394 g/mol. The van der Waals surface area contributed by atoms with Crippen molar-refractivity contribution < 1.29 is 28.9 Å². The number of esters is 2. The first-order valence-corrected chi connectivity index (χ1v) is 7.57. The first-order chi connectivity index (χ1) is 11.3. The number of rotatable bonds is 3. The second-order valence-corrected chi connectivity index (χ2v) is 5.68. The number of hydrogen-bond donors (Lipinski definition) is 1. The molecule has 6 nitrogen and oxygen atoms in total. The number of ether oxygens (including phenoxy) is 3. The third-order valence-electron chi connectivity index (χ3n) is 3.21. The van der Waals surface area contributed by atoms with Gasteiger partial charge in [-0.1, -0.05) is 46.9 Å². The normalized spacial score (nSPS) is 19.7. The van der Waals surface area contributed by atoms with Crippen LogP contribution < -0.4 is 0 Å². The van der Waals surface area contributed by atoms with Crippen molar-refractivity contribution in [1.29, 1.82) is 0 Å². The molecule has 24 heavy (non-hydrogen) atoms. The van der Waals surface area contributed by atoms with Crippen molar-refractivity contribution in [3.63, 3.8) is 0 Å². The van der Waals surface area contributed by atoms with Crippen LogP contribution in [-0.2, 0) is 23.8 Å². The number of cyclic esters (lactones) is 1. The Bertz CT molecular complexity index is 768. The highest BCUT2D eigenvalue weighted by atomic mass is 35.5. The summed E-state index contributed by atoms with van der Waals surface area (Å²) in [6.45, 7) is 0. The van der Waals surface area contributed by atoms with Crippen molar-refractivity contribution in [3.8, 4) is 0 Å². The molecule has 1 aliphatic rings. The van der Waals surface area contributed by atoms with Gasteiger partial charge in [0.25, 0.3) is 5.95 Å². The Morgan fingerprint density at radius 2 is 1.88 bits per heavy atom. The Balaban J connectivity index is 2.80. The fourth-order valence-corrected chi connectivity index (χ4v) is 2.85. The lowest BCUT2D eigenvalue weighted by atomic mass is 9.95. The van der Waals surface area contributed by atoms with Crippen LogP contribution in [0.15, 0.2) is 34.7 Å². The van der Waals surface area contributed by atoms with Crippen LogP contribution in [0.4, 0.5) is 0 Å². The molecule has 1 heterocycles. The van der Waals surface area contributed by atoms with Crippen molar-refractivity contribution in [2.24, 2.45) is 0 Å². The predicted molar refractivity (Wildman–Crippen MR) is 87.8 cm³/mol. The van der Waals surface area contributed by atoms with E-state index in [1.54, 1.807) is 6.07 Å². The van der Waals surface area contributed by atoms with E-state index in [2.05, 4.69) is 9.47 Å². The highest BCUT2D eigenvalue weighted by molar-refractivity contribution is 6.44. The van der Waals surface area contributed by atoms with Crippen LogP contribution in [-0.4, -0.2) is 37.4 Å². The zero-order valence-electron chi connectivity index (χ0n) is 12.4. The molecule has 0 radical (unpaired) electrons. The monoisotopic (exact) mass is 392 g/mol. The zero-order valence-corrected chi connectivity index (χ0v) is 14.7. The number of halogens is 3. The topological polar surface area (TPSA) is 82.1 Å². The van der Waals surface area contributed by atoms with Gasteiger partial charge in [-0.05, 0) is 6.07 Å². The molecule has 0 aliphatic carbocycles. The Morgan fingerprint density at radius 3 is 2.46 bits per heavy atom. The molecule has 0 aromatic heterocycles. The molecule has 2 rings (SSSR count). The molecular formula is C15H11Cl3O6. The summed E-state index contributed by atoms with van der Waals surface area (Å²) < 4.78 is 14.3. The summed E-state index contributed by atoms with van der Waals surface area (Å²) in [5.74, 6) is -2.68. The number of carbonyl (C=O) groups excluding carboxylic acids is 2. The number of methoxy groups -OCH3 is 2. The van der Waals surface area contributed by atoms with Gasteiger partial charge in [-0.25, -0.2) is 9.59 Å². The van der Waals surface area contributed by atoms with Crippen LogP contribution in [0.2, 0.25) is 10.0 Å².